The molecule has 1 fully saturated rings. The average molecular weight is 309 g/mol. The SMILES string of the molecule is Cc1ccc(C(F)(F)F)cc1CN1CCOCS1(=O)=O. The maximum absolute atomic E-state index is 12.7. The summed E-state index contributed by atoms with van der Waals surface area (Å²) < 4.78 is 67.6. The van der Waals surface area contributed by atoms with Crippen molar-refractivity contribution in [3.63, 3.8) is 0 Å². The van der Waals surface area contributed by atoms with Gasteiger partial charge in [-0.15, -0.1) is 0 Å². The van der Waals surface area contributed by atoms with E-state index in [4.69, 9.17) is 4.74 Å². The van der Waals surface area contributed by atoms with Gasteiger partial charge in [0.15, 0.2) is 5.94 Å². The minimum Gasteiger partial charge on any atom is -0.363 e. The van der Waals surface area contributed by atoms with E-state index in [2.05, 4.69) is 0 Å². The molecule has 1 saturated heterocycles. The highest BCUT2D eigenvalue weighted by molar-refractivity contribution is 7.88. The lowest BCUT2D eigenvalue weighted by molar-refractivity contribution is -0.137. The molecule has 1 heterocycles. The summed E-state index contributed by atoms with van der Waals surface area (Å²) in [5.41, 5.74) is 0.203. The summed E-state index contributed by atoms with van der Waals surface area (Å²) in [6.07, 6.45) is -4.44. The summed E-state index contributed by atoms with van der Waals surface area (Å²) in [6.45, 7) is 1.99. The van der Waals surface area contributed by atoms with Gasteiger partial charge < -0.3 is 4.74 Å². The molecule has 0 amide bonds. The number of alkyl halides is 3. The Bertz CT molecular complexity index is 598. The Kier molecular flexibility index (Phi) is 4.08. The van der Waals surface area contributed by atoms with E-state index < -0.39 is 27.7 Å². The van der Waals surface area contributed by atoms with Gasteiger partial charge in [0.25, 0.3) is 0 Å². The zero-order valence-electron chi connectivity index (χ0n) is 10.8. The van der Waals surface area contributed by atoms with Crippen molar-refractivity contribution in [2.24, 2.45) is 0 Å². The van der Waals surface area contributed by atoms with Gasteiger partial charge in [-0.25, -0.2) is 8.42 Å². The van der Waals surface area contributed by atoms with E-state index in [1.807, 2.05) is 0 Å². The van der Waals surface area contributed by atoms with Crippen molar-refractivity contribution in [3.05, 3.63) is 34.9 Å². The summed E-state index contributed by atoms with van der Waals surface area (Å²) in [6, 6.07) is 3.35. The summed E-state index contributed by atoms with van der Waals surface area (Å²) in [7, 11) is -3.56. The van der Waals surface area contributed by atoms with Crippen LogP contribution in [0.3, 0.4) is 0 Å². The van der Waals surface area contributed by atoms with E-state index in [9.17, 15) is 21.6 Å². The van der Waals surface area contributed by atoms with Crippen LogP contribution in [-0.4, -0.2) is 31.8 Å². The quantitative estimate of drug-likeness (QED) is 0.841. The van der Waals surface area contributed by atoms with Gasteiger partial charge in [-0.05, 0) is 30.2 Å². The first-order valence-corrected chi connectivity index (χ1v) is 7.53. The molecule has 0 bridgehead atoms. The number of halogens is 3. The van der Waals surface area contributed by atoms with Crippen LogP contribution in [0.5, 0.6) is 0 Å². The Morgan fingerprint density at radius 3 is 2.65 bits per heavy atom. The lowest BCUT2D eigenvalue weighted by Gasteiger charge is -2.27. The first-order chi connectivity index (χ1) is 9.20. The Balaban J connectivity index is 2.29. The average Bonchev–Trinajstić information content (AvgIpc) is 2.32. The summed E-state index contributed by atoms with van der Waals surface area (Å²) >= 11 is 0. The zero-order valence-corrected chi connectivity index (χ0v) is 11.6. The van der Waals surface area contributed by atoms with Crippen LogP contribution in [0.1, 0.15) is 16.7 Å². The van der Waals surface area contributed by atoms with Gasteiger partial charge in [-0.1, -0.05) is 6.07 Å². The number of rotatable bonds is 2. The molecule has 0 radical (unpaired) electrons. The first kappa shape index (κ1) is 15.3. The fourth-order valence-corrected chi connectivity index (χ4v) is 3.10. The van der Waals surface area contributed by atoms with Crippen molar-refractivity contribution in [1.82, 2.24) is 4.31 Å². The number of nitrogens with zero attached hydrogens (tertiary/aromatic N) is 1. The van der Waals surface area contributed by atoms with Gasteiger partial charge >= 0.3 is 6.18 Å². The van der Waals surface area contributed by atoms with E-state index in [0.717, 1.165) is 16.4 Å². The number of hydrogen-bond donors (Lipinski definition) is 0. The molecule has 112 valence electrons. The standard InChI is InChI=1S/C12H14F3NO3S/c1-9-2-3-11(12(13,14)15)6-10(9)7-16-4-5-19-8-20(16,17)18/h2-3,6H,4-5,7-8H2,1H3. The number of hydrogen-bond acceptors (Lipinski definition) is 3. The van der Waals surface area contributed by atoms with E-state index in [0.29, 0.717) is 11.1 Å². The van der Waals surface area contributed by atoms with E-state index in [1.165, 1.54) is 6.07 Å². The molecule has 0 atom stereocenters. The lowest BCUT2D eigenvalue weighted by atomic mass is 10.0. The smallest absolute Gasteiger partial charge is 0.363 e. The fraction of sp³-hybridized carbons (Fsp3) is 0.500. The highest BCUT2D eigenvalue weighted by Crippen LogP contribution is 2.31. The fourth-order valence-electron chi connectivity index (χ4n) is 1.93. The molecule has 4 nitrogen and oxygen atoms in total. The van der Waals surface area contributed by atoms with Crippen molar-refractivity contribution in [3.8, 4) is 0 Å². The van der Waals surface area contributed by atoms with Crippen molar-refractivity contribution >= 4 is 10.0 Å². The van der Waals surface area contributed by atoms with E-state index in [-0.39, 0.29) is 19.7 Å². The maximum Gasteiger partial charge on any atom is 0.416 e. The third kappa shape index (κ3) is 3.31. The molecule has 0 N–H and O–H groups in total. The summed E-state index contributed by atoms with van der Waals surface area (Å²) in [5, 5.41) is 0. The van der Waals surface area contributed by atoms with Crippen LogP contribution < -0.4 is 0 Å². The van der Waals surface area contributed by atoms with Crippen LogP contribution >= 0.6 is 0 Å². The van der Waals surface area contributed by atoms with Crippen LogP contribution in [0.25, 0.3) is 0 Å². The van der Waals surface area contributed by atoms with Crippen LogP contribution in [0.2, 0.25) is 0 Å². The maximum atomic E-state index is 12.7. The lowest BCUT2D eigenvalue weighted by Crippen LogP contribution is -2.40. The first-order valence-electron chi connectivity index (χ1n) is 5.92. The predicted octanol–water partition coefficient (Wildman–Crippen LogP) is 2.13. The van der Waals surface area contributed by atoms with Crippen LogP contribution in [0.15, 0.2) is 18.2 Å². The molecule has 0 spiro atoms. The van der Waals surface area contributed by atoms with Crippen molar-refractivity contribution in [2.75, 3.05) is 19.1 Å². The highest BCUT2D eigenvalue weighted by Gasteiger charge is 2.32. The van der Waals surface area contributed by atoms with Crippen LogP contribution in [0.4, 0.5) is 13.2 Å². The van der Waals surface area contributed by atoms with Gasteiger partial charge in [0.2, 0.25) is 10.0 Å². The summed E-state index contributed by atoms with van der Waals surface area (Å²) in [4.78, 5) is 0. The molecule has 1 aliphatic rings. The topological polar surface area (TPSA) is 46.6 Å². The highest BCUT2D eigenvalue weighted by atomic mass is 32.2. The van der Waals surface area contributed by atoms with Gasteiger partial charge in [0.05, 0.1) is 12.2 Å². The van der Waals surface area contributed by atoms with Crippen molar-refractivity contribution in [1.29, 1.82) is 0 Å². The van der Waals surface area contributed by atoms with Gasteiger partial charge in [0, 0.05) is 13.1 Å². The molecular formula is C12H14F3NO3S. The van der Waals surface area contributed by atoms with E-state index >= 15 is 0 Å². The third-order valence-corrected chi connectivity index (χ3v) is 4.70. The number of aryl methyl sites for hydroxylation is 1. The van der Waals surface area contributed by atoms with E-state index in [1.54, 1.807) is 6.92 Å². The summed E-state index contributed by atoms with van der Waals surface area (Å²) in [5.74, 6) is -0.426. The van der Waals surface area contributed by atoms with Gasteiger partial charge in [0.1, 0.15) is 0 Å². The number of sulfonamides is 1. The minimum atomic E-state index is -4.44. The number of ether oxygens (including phenoxy) is 1. The molecule has 8 heteroatoms. The van der Waals surface area contributed by atoms with Gasteiger partial charge in [-0.3, -0.25) is 0 Å². The second kappa shape index (κ2) is 5.34. The second-order valence-electron chi connectivity index (χ2n) is 4.61. The molecule has 1 aromatic rings. The Hall–Kier alpha value is -1.12. The van der Waals surface area contributed by atoms with Crippen molar-refractivity contribution in [2.45, 2.75) is 19.6 Å². The molecule has 1 aromatic carbocycles. The molecule has 0 unspecified atom stereocenters. The normalized spacial score (nSPS) is 20.0. The second-order valence-corrected chi connectivity index (χ2v) is 6.53. The molecule has 0 aromatic heterocycles. The Labute approximate surface area is 115 Å². The number of benzene rings is 1. The molecule has 1 aliphatic heterocycles. The third-order valence-electron chi connectivity index (χ3n) is 3.13. The molecule has 20 heavy (non-hydrogen) atoms. The zero-order chi connectivity index (χ0) is 15.0. The Morgan fingerprint density at radius 1 is 1.35 bits per heavy atom. The van der Waals surface area contributed by atoms with Crippen molar-refractivity contribution < 1.29 is 26.3 Å². The van der Waals surface area contributed by atoms with Crippen LogP contribution in [0, 0.1) is 6.92 Å². The van der Waals surface area contributed by atoms with Crippen LogP contribution in [-0.2, 0) is 27.5 Å². The largest absolute Gasteiger partial charge is 0.416 e. The monoisotopic (exact) mass is 309 g/mol. The minimum absolute atomic E-state index is 0.0680. The van der Waals surface area contributed by atoms with Gasteiger partial charge in [-0.2, -0.15) is 17.5 Å². The molecule has 2 rings (SSSR count). The molecule has 0 saturated carbocycles. The molecular weight excluding hydrogens is 295 g/mol. The Morgan fingerprint density at radius 2 is 2.05 bits per heavy atom. The predicted molar refractivity (Wildman–Crippen MR) is 66.3 cm³/mol. The molecule has 0 aliphatic carbocycles.